The lowest BCUT2D eigenvalue weighted by Gasteiger charge is -2.12. The Kier molecular flexibility index (Phi) is 4.28. The fraction of sp³-hybridized carbons (Fsp3) is 0.571. The molecule has 19 heavy (non-hydrogen) atoms. The summed E-state index contributed by atoms with van der Waals surface area (Å²) in [5.41, 5.74) is 6.81. The van der Waals surface area contributed by atoms with E-state index >= 15 is 0 Å². The van der Waals surface area contributed by atoms with Crippen LogP contribution in [0.15, 0.2) is 29.2 Å². The summed E-state index contributed by atoms with van der Waals surface area (Å²) in [5.74, 6) is 1.14. The van der Waals surface area contributed by atoms with Crippen molar-refractivity contribution in [3.8, 4) is 0 Å². The van der Waals surface area contributed by atoms with E-state index in [1.165, 1.54) is 0 Å². The predicted octanol–water partition coefficient (Wildman–Crippen LogP) is 2.03. The van der Waals surface area contributed by atoms with Gasteiger partial charge in [-0.15, -0.1) is 0 Å². The van der Waals surface area contributed by atoms with E-state index in [2.05, 4.69) is 11.6 Å². The van der Waals surface area contributed by atoms with Gasteiger partial charge in [0.2, 0.25) is 10.0 Å². The summed E-state index contributed by atoms with van der Waals surface area (Å²) in [5, 5.41) is 0. The zero-order valence-electron chi connectivity index (χ0n) is 11.5. The minimum atomic E-state index is -3.41. The Morgan fingerprint density at radius 3 is 2.74 bits per heavy atom. The number of sulfonamides is 1. The van der Waals surface area contributed by atoms with Crippen molar-refractivity contribution in [2.24, 2.45) is 17.6 Å². The second-order valence-electron chi connectivity index (χ2n) is 5.41. The van der Waals surface area contributed by atoms with Gasteiger partial charge in [-0.05, 0) is 42.4 Å². The van der Waals surface area contributed by atoms with Crippen molar-refractivity contribution in [3.05, 3.63) is 29.8 Å². The van der Waals surface area contributed by atoms with Crippen molar-refractivity contribution in [2.45, 2.75) is 37.6 Å². The van der Waals surface area contributed by atoms with E-state index in [0.29, 0.717) is 23.3 Å². The largest absolute Gasteiger partial charge is 0.324 e. The van der Waals surface area contributed by atoms with Crippen LogP contribution in [0.2, 0.25) is 0 Å². The first kappa shape index (κ1) is 14.5. The highest BCUT2D eigenvalue weighted by Crippen LogP contribution is 2.37. The van der Waals surface area contributed by atoms with E-state index < -0.39 is 10.0 Å². The number of nitrogens with two attached hydrogens (primary N) is 1. The molecule has 1 aromatic rings. The van der Waals surface area contributed by atoms with Gasteiger partial charge in [0.25, 0.3) is 0 Å². The lowest BCUT2D eigenvalue weighted by molar-refractivity contribution is 0.574. The molecular weight excluding hydrogens is 260 g/mol. The van der Waals surface area contributed by atoms with E-state index in [-0.39, 0.29) is 6.04 Å². The van der Waals surface area contributed by atoms with Gasteiger partial charge in [-0.1, -0.05) is 26.0 Å². The molecule has 0 aromatic heterocycles. The molecule has 4 nitrogen and oxygen atoms in total. The molecule has 0 aliphatic heterocycles. The summed E-state index contributed by atoms with van der Waals surface area (Å²) in [7, 11) is -3.41. The molecule has 3 N–H and O–H groups in total. The monoisotopic (exact) mass is 282 g/mol. The molecule has 0 spiro atoms. The number of hydrogen-bond acceptors (Lipinski definition) is 3. The summed E-state index contributed by atoms with van der Waals surface area (Å²) in [6.45, 7) is 4.66. The summed E-state index contributed by atoms with van der Waals surface area (Å²) in [6.07, 6.45) is 1.90. The topological polar surface area (TPSA) is 72.2 Å². The average molecular weight is 282 g/mol. The predicted molar refractivity (Wildman–Crippen MR) is 76.1 cm³/mol. The van der Waals surface area contributed by atoms with Gasteiger partial charge in [0, 0.05) is 12.6 Å². The van der Waals surface area contributed by atoms with Gasteiger partial charge in [0.15, 0.2) is 0 Å². The quantitative estimate of drug-likeness (QED) is 0.838. The summed E-state index contributed by atoms with van der Waals surface area (Å²) in [6, 6.07) is 6.80. The first-order valence-corrected chi connectivity index (χ1v) is 8.27. The molecular formula is C14H22N2O2S. The Labute approximate surface area is 115 Å². The van der Waals surface area contributed by atoms with Gasteiger partial charge in [-0.2, -0.15) is 0 Å². The minimum absolute atomic E-state index is 0.112. The third kappa shape index (κ3) is 3.55. The first-order chi connectivity index (χ1) is 8.94. The van der Waals surface area contributed by atoms with Gasteiger partial charge >= 0.3 is 0 Å². The van der Waals surface area contributed by atoms with Crippen molar-refractivity contribution in [2.75, 3.05) is 6.54 Å². The standard InChI is InChI=1S/C14H22N2O2S/c1-3-14(15)11-5-4-6-13(8-11)19(17,18)16-9-12-7-10(12)2/h4-6,8,10,12,14,16H,3,7,9,15H2,1-2H3. The number of hydrogen-bond donors (Lipinski definition) is 2. The molecule has 0 radical (unpaired) electrons. The third-order valence-corrected chi connectivity index (χ3v) is 5.27. The molecule has 1 aliphatic carbocycles. The molecule has 0 heterocycles. The Morgan fingerprint density at radius 1 is 1.47 bits per heavy atom. The zero-order valence-corrected chi connectivity index (χ0v) is 12.3. The van der Waals surface area contributed by atoms with Crippen molar-refractivity contribution >= 4 is 10.0 Å². The van der Waals surface area contributed by atoms with Gasteiger partial charge in [0.1, 0.15) is 0 Å². The second-order valence-corrected chi connectivity index (χ2v) is 7.18. The molecule has 2 rings (SSSR count). The number of benzene rings is 1. The smallest absolute Gasteiger partial charge is 0.240 e. The Hall–Kier alpha value is -0.910. The van der Waals surface area contributed by atoms with Crippen molar-refractivity contribution in [1.82, 2.24) is 4.72 Å². The summed E-state index contributed by atoms with van der Waals surface area (Å²) in [4.78, 5) is 0.308. The molecule has 106 valence electrons. The van der Waals surface area contributed by atoms with Crippen LogP contribution in [0.5, 0.6) is 0 Å². The average Bonchev–Trinajstić information content (AvgIpc) is 3.12. The number of nitrogens with one attached hydrogen (secondary N) is 1. The van der Waals surface area contributed by atoms with E-state index in [4.69, 9.17) is 5.73 Å². The molecule has 5 heteroatoms. The van der Waals surface area contributed by atoms with Crippen LogP contribution in [0.4, 0.5) is 0 Å². The SMILES string of the molecule is CCC(N)c1cccc(S(=O)(=O)NCC2CC2C)c1. The summed E-state index contributed by atoms with van der Waals surface area (Å²) < 4.78 is 27.0. The molecule has 0 bridgehead atoms. The molecule has 3 unspecified atom stereocenters. The zero-order chi connectivity index (χ0) is 14.0. The maximum Gasteiger partial charge on any atom is 0.240 e. The highest BCUT2D eigenvalue weighted by atomic mass is 32.2. The van der Waals surface area contributed by atoms with Crippen LogP contribution in [0.25, 0.3) is 0 Å². The van der Waals surface area contributed by atoms with Crippen LogP contribution < -0.4 is 10.5 Å². The van der Waals surface area contributed by atoms with E-state index in [9.17, 15) is 8.42 Å². The molecule has 0 amide bonds. The first-order valence-electron chi connectivity index (χ1n) is 6.79. The van der Waals surface area contributed by atoms with Gasteiger partial charge < -0.3 is 5.73 Å². The van der Waals surface area contributed by atoms with Crippen LogP contribution in [-0.4, -0.2) is 15.0 Å². The Balaban J connectivity index is 2.10. The highest BCUT2D eigenvalue weighted by Gasteiger charge is 2.33. The van der Waals surface area contributed by atoms with E-state index in [0.717, 1.165) is 18.4 Å². The molecule has 1 fully saturated rings. The molecule has 1 aromatic carbocycles. The highest BCUT2D eigenvalue weighted by molar-refractivity contribution is 7.89. The number of rotatable bonds is 6. The fourth-order valence-electron chi connectivity index (χ4n) is 2.13. The van der Waals surface area contributed by atoms with Crippen molar-refractivity contribution < 1.29 is 8.42 Å². The van der Waals surface area contributed by atoms with Crippen LogP contribution >= 0.6 is 0 Å². The van der Waals surface area contributed by atoms with Crippen LogP contribution in [0.3, 0.4) is 0 Å². The maximum absolute atomic E-state index is 12.2. The molecule has 1 saturated carbocycles. The Morgan fingerprint density at radius 2 is 2.16 bits per heavy atom. The van der Waals surface area contributed by atoms with Crippen LogP contribution in [0, 0.1) is 11.8 Å². The van der Waals surface area contributed by atoms with E-state index in [1.54, 1.807) is 18.2 Å². The fourth-order valence-corrected chi connectivity index (χ4v) is 3.28. The van der Waals surface area contributed by atoms with Crippen molar-refractivity contribution in [3.63, 3.8) is 0 Å². The lowest BCUT2D eigenvalue weighted by Crippen LogP contribution is -2.26. The van der Waals surface area contributed by atoms with Gasteiger partial charge in [0.05, 0.1) is 4.90 Å². The third-order valence-electron chi connectivity index (χ3n) is 3.85. The molecule has 0 saturated heterocycles. The van der Waals surface area contributed by atoms with Crippen molar-refractivity contribution in [1.29, 1.82) is 0 Å². The summed E-state index contributed by atoms with van der Waals surface area (Å²) >= 11 is 0. The minimum Gasteiger partial charge on any atom is -0.324 e. The van der Waals surface area contributed by atoms with Gasteiger partial charge in [-0.25, -0.2) is 13.1 Å². The maximum atomic E-state index is 12.2. The normalized spacial score (nSPS) is 24.2. The van der Waals surface area contributed by atoms with Crippen LogP contribution in [-0.2, 0) is 10.0 Å². The lowest BCUT2D eigenvalue weighted by atomic mass is 10.1. The molecule has 3 atom stereocenters. The Bertz CT molecular complexity index is 542. The second kappa shape index (κ2) is 5.61. The van der Waals surface area contributed by atoms with Crippen LogP contribution in [0.1, 0.15) is 38.3 Å². The molecule has 1 aliphatic rings. The van der Waals surface area contributed by atoms with Gasteiger partial charge in [-0.3, -0.25) is 0 Å². The van der Waals surface area contributed by atoms with E-state index in [1.807, 2.05) is 13.0 Å².